The lowest BCUT2D eigenvalue weighted by Crippen LogP contribution is -2.37. The van der Waals surface area contributed by atoms with Gasteiger partial charge >= 0.3 is 6.03 Å². The first kappa shape index (κ1) is 19.4. The molecule has 0 saturated heterocycles. The minimum absolute atomic E-state index is 0.173. The Kier molecular flexibility index (Phi) is 6.66. The Hall–Kier alpha value is -2.96. The van der Waals surface area contributed by atoms with Crippen LogP contribution in [0.3, 0.4) is 0 Å². The van der Waals surface area contributed by atoms with Crippen molar-refractivity contribution in [3.63, 3.8) is 0 Å². The van der Waals surface area contributed by atoms with Crippen LogP contribution in [0.4, 0.5) is 4.79 Å². The van der Waals surface area contributed by atoms with Gasteiger partial charge in [-0.05, 0) is 49.6 Å². The molecule has 2 amide bonds. The summed E-state index contributed by atoms with van der Waals surface area (Å²) in [6, 6.07) is 7.21. The zero-order valence-electron chi connectivity index (χ0n) is 15.6. The highest BCUT2D eigenvalue weighted by Crippen LogP contribution is 2.27. The maximum absolute atomic E-state index is 11.9. The number of aryl methyl sites for hydroxylation is 2. The zero-order chi connectivity index (χ0) is 19.1. The second-order valence-electron chi connectivity index (χ2n) is 5.99. The maximum atomic E-state index is 11.9. The van der Waals surface area contributed by atoms with Crippen molar-refractivity contribution >= 4 is 6.03 Å². The Morgan fingerprint density at radius 2 is 1.81 bits per heavy atom. The standard InChI is InChI=1S/C19H25N3O4/c1-12-9-13(2)22-18(23)15(12)11-21-19(24)20-8-7-14-5-6-16(25-3)17(10-14)26-4/h5-6,9-10H,7-8,11H2,1-4H3,(H,22,23)(H2,20,21,24). The molecule has 140 valence electrons. The van der Waals surface area contributed by atoms with Crippen LogP contribution in [0.15, 0.2) is 29.1 Å². The number of pyridine rings is 1. The number of H-pyrrole nitrogens is 1. The minimum Gasteiger partial charge on any atom is -0.493 e. The number of benzene rings is 1. The Morgan fingerprint density at radius 1 is 1.08 bits per heavy atom. The Bertz CT molecular complexity index is 830. The number of aromatic nitrogens is 1. The Labute approximate surface area is 152 Å². The molecule has 0 spiro atoms. The van der Waals surface area contributed by atoms with Gasteiger partial charge in [0.15, 0.2) is 11.5 Å². The van der Waals surface area contributed by atoms with Crippen LogP contribution < -0.4 is 25.7 Å². The number of urea groups is 1. The smallest absolute Gasteiger partial charge is 0.315 e. The van der Waals surface area contributed by atoms with Crippen LogP contribution in [0.5, 0.6) is 11.5 Å². The number of carbonyl (C=O) groups excluding carboxylic acids is 1. The molecule has 1 aromatic carbocycles. The van der Waals surface area contributed by atoms with Crippen LogP contribution in [0.25, 0.3) is 0 Å². The van der Waals surface area contributed by atoms with E-state index >= 15 is 0 Å². The first-order valence-electron chi connectivity index (χ1n) is 8.36. The van der Waals surface area contributed by atoms with E-state index in [1.165, 1.54) is 0 Å². The first-order chi connectivity index (χ1) is 12.4. The quantitative estimate of drug-likeness (QED) is 0.705. The van der Waals surface area contributed by atoms with Crippen molar-refractivity contribution in [2.75, 3.05) is 20.8 Å². The van der Waals surface area contributed by atoms with Crippen LogP contribution in [-0.2, 0) is 13.0 Å². The molecule has 7 heteroatoms. The number of amides is 2. The maximum Gasteiger partial charge on any atom is 0.315 e. The molecular weight excluding hydrogens is 334 g/mol. The van der Waals surface area contributed by atoms with E-state index in [9.17, 15) is 9.59 Å². The molecule has 3 N–H and O–H groups in total. The molecule has 1 aromatic heterocycles. The van der Waals surface area contributed by atoms with Crippen molar-refractivity contribution in [1.29, 1.82) is 0 Å². The lowest BCUT2D eigenvalue weighted by molar-refractivity contribution is 0.240. The second kappa shape index (κ2) is 8.94. The molecule has 0 atom stereocenters. The van der Waals surface area contributed by atoms with Crippen molar-refractivity contribution in [2.24, 2.45) is 0 Å². The fraction of sp³-hybridized carbons (Fsp3) is 0.368. The predicted octanol–water partition coefficient (Wildman–Crippen LogP) is 2.05. The van der Waals surface area contributed by atoms with Crippen molar-refractivity contribution in [3.8, 4) is 11.5 Å². The van der Waals surface area contributed by atoms with Gasteiger partial charge in [-0.3, -0.25) is 4.79 Å². The third-order valence-corrected chi connectivity index (χ3v) is 4.07. The van der Waals surface area contributed by atoms with Gasteiger partial charge in [-0.1, -0.05) is 6.07 Å². The average molecular weight is 359 g/mol. The molecule has 2 rings (SSSR count). The number of rotatable bonds is 7. The van der Waals surface area contributed by atoms with Gasteiger partial charge in [0.2, 0.25) is 0 Å². The summed E-state index contributed by atoms with van der Waals surface area (Å²) in [6.07, 6.45) is 0.651. The van der Waals surface area contributed by atoms with E-state index in [1.54, 1.807) is 14.2 Å². The summed E-state index contributed by atoms with van der Waals surface area (Å²) in [4.78, 5) is 26.6. The van der Waals surface area contributed by atoms with E-state index in [0.717, 1.165) is 16.8 Å². The summed E-state index contributed by atoms with van der Waals surface area (Å²) in [5, 5.41) is 5.50. The number of hydrogen-bond donors (Lipinski definition) is 3. The lowest BCUT2D eigenvalue weighted by atomic mass is 10.1. The monoisotopic (exact) mass is 359 g/mol. The lowest BCUT2D eigenvalue weighted by Gasteiger charge is -2.11. The molecule has 7 nitrogen and oxygen atoms in total. The molecule has 0 fully saturated rings. The van der Waals surface area contributed by atoms with Crippen LogP contribution >= 0.6 is 0 Å². The van der Waals surface area contributed by atoms with Crippen molar-refractivity contribution in [1.82, 2.24) is 15.6 Å². The van der Waals surface area contributed by atoms with Gasteiger partial charge in [-0.15, -0.1) is 0 Å². The second-order valence-corrected chi connectivity index (χ2v) is 5.99. The highest BCUT2D eigenvalue weighted by molar-refractivity contribution is 5.73. The van der Waals surface area contributed by atoms with Gasteiger partial charge in [0.1, 0.15) is 0 Å². The van der Waals surface area contributed by atoms with Crippen LogP contribution in [0.2, 0.25) is 0 Å². The molecule has 0 saturated carbocycles. The fourth-order valence-electron chi connectivity index (χ4n) is 2.69. The minimum atomic E-state index is -0.315. The van der Waals surface area contributed by atoms with Gasteiger partial charge in [-0.2, -0.15) is 0 Å². The van der Waals surface area contributed by atoms with E-state index in [1.807, 2.05) is 38.1 Å². The molecular formula is C19H25N3O4. The highest BCUT2D eigenvalue weighted by Gasteiger charge is 2.08. The normalized spacial score (nSPS) is 10.3. The molecule has 0 aliphatic carbocycles. The average Bonchev–Trinajstić information content (AvgIpc) is 2.60. The van der Waals surface area contributed by atoms with E-state index in [4.69, 9.17) is 9.47 Å². The molecule has 0 aliphatic heterocycles. The number of hydrogen-bond acceptors (Lipinski definition) is 4. The summed E-state index contributed by atoms with van der Waals surface area (Å²) in [6.45, 7) is 4.33. The number of ether oxygens (including phenoxy) is 2. The van der Waals surface area contributed by atoms with E-state index in [-0.39, 0.29) is 18.1 Å². The van der Waals surface area contributed by atoms with Crippen molar-refractivity contribution in [2.45, 2.75) is 26.8 Å². The van der Waals surface area contributed by atoms with E-state index in [2.05, 4.69) is 15.6 Å². The fourth-order valence-corrected chi connectivity index (χ4v) is 2.69. The third-order valence-electron chi connectivity index (χ3n) is 4.07. The molecule has 0 bridgehead atoms. The van der Waals surface area contributed by atoms with E-state index < -0.39 is 0 Å². The molecule has 0 unspecified atom stereocenters. The molecule has 0 radical (unpaired) electrons. The largest absolute Gasteiger partial charge is 0.493 e. The number of methoxy groups -OCH3 is 2. The summed E-state index contributed by atoms with van der Waals surface area (Å²) in [5.74, 6) is 1.32. The van der Waals surface area contributed by atoms with Gasteiger partial charge in [-0.25, -0.2) is 4.79 Å². The summed E-state index contributed by atoms with van der Waals surface area (Å²) < 4.78 is 10.5. The molecule has 2 aromatic rings. The first-order valence-corrected chi connectivity index (χ1v) is 8.36. The van der Waals surface area contributed by atoms with Gasteiger partial charge < -0.3 is 25.1 Å². The van der Waals surface area contributed by atoms with Crippen LogP contribution in [0.1, 0.15) is 22.4 Å². The predicted molar refractivity (Wildman–Crippen MR) is 100 cm³/mol. The zero-order valence-corrected chi connectivity index (χ0v) is 15.6. The van der Waals surface area contributed by atoms with Crippen molar-refractivity contribution in [3.05, 3.63) is 57.0 Å². The van der Waals surface area contributed by atoms with Crippen molar-refractivity contribution < 1.29 is 14.3 Å². The van der Waals surface area contributed by atoms with Gasteiger partial charge in [0.05, 0.1) is 20.8 Å². The van der Waals surface area contributed by atoms with Gasteiger partial charge in [0.25, 0.3) is 5.56 Å². The van der Waals surface area contributed by atoms with Gasteiger partial charge in [0, 0.05) is 17.8 Å². The Balaban J connectivity index is 1.84. The summed E-state index contributed by atoms with van der Waals surface area (Å²) >= 11 is 0. The third kappa shape index (κ3) is 5.02. The molecule has 1 heterocycles. The van der Waals surface area contributed by atoms with Crippen LogP contribution in [0, 0.1) is 13.8 Å². The highest BCUT2D eigenvalue weighted by atomic mass is 16.5. The topological polar surface area (TPSA) is 92.5 Å². The SMILES string of the molecule is COc1ccc(CCNC(=O)NCc2c(C)cc(C)[nH]c2=O)cc1OC. The number of carbonyl (C=O) groups is 1. The van der Waals surface area contributed by atoms with Crippen LogP contribution in [-0.4, -0.2) is 31.8 Å². The molecule has 26 heavy (non-hydrogen) atoms. The Morgan fingerprint density at radius 3 is 2.46 bits per heavy atom. The molecule has 0 aliphatic rings. The number of nitrogens with one attached hydrogen (secondary N) is 3. The summed E-state index contributed by atoms with van der Waals surface area (Å²) in [7, 11) is 3.17. The summed E-state index contributed by atoms with van der Waals surface area (Å²) in [5.41, 5.74) is 3.07. The number of aromatic amines is 1. The van der Waals surface area contributed by atoms with E-state index in [0.29, 0.717) is 30.0 Å².